The van der Waals surface area contributed by atoms with Crippen molar-refractivity contribution in [2.75, 3.05) is 32.7 Å². The van der Waals surface area contributed by atoms with E-state index in [1.807, 2.05) is 17.9 Å². The summed E-state index contributed by atoms with van der Waals surface area (Å²) in [5.74, 6) is 0.589. The number of benzene rings is 1. The van der Waals surface area contributed by atoms with Crippen LogP contribution in [0.1, 0.15) is 19.4 Å². The number of hydrogen-bond donors (Lipinski definition) is 1. The summed E-state index contributed by atoms with van der Waals surface area (Å²) >= 11 is 0. The first-order valence-corrected chi connectivity index (χ1v) is 9.14. The molecule has 0 atom stereocenters. The van der Waals surface area contributed by atoms with Gasteiger partial charge in [-0.25, -0.2) is 14.4 Å². The van der Waals surface area contributed by atoms with Crippen LogP contribution in [-0.2, 0) is 11.3 Å². The highest BCUT2D eigenvalue weighted by atomic mass is 127. The minimum absolute atomic E-state index is 0. The Kier molecular flexibility index (Phi) is 8.21. The van der Waals surface area contributed by atoms with Crippen molar-refractivity contribution in [3.05, 3.63) is 48.3 Å². The molecular weight excluding hydrogens is 474 g/mol. The van der Waals surface area contributed by atoms with Gasteiger partial charge in [0.1, 0.15) is 5.82 Å². The first kappa shape index (κ1) is 22.1. The van der Waals surface area contributed by atoms with Crippen molar-refractivity contribution in [2.45, 2.75) is 20.4 Å². The lowest BCUT2D eigenvalue weighted by atomic mass is 10.2. The third-order valence-corrected chi connectivity index (χ3v) is 4.57. The molecule has 0 saturated carbocycles. The van der Waals surface area contributed by atoms with Crippen LogP contribution in [-0.4, -0.2) is 63.9 Å². The number of carbonyl (C=O) groups is 1. The summed E-state index contributed by atoms with van der Waals surface area (Å²) in [7, 11) is 0. The Bertz CT molecular complexity index is 803. The molecule has 0 radical (unpaired) electrons. The number of aromatic nitrogens is 2. The molecule has 1 aliphatic heterocycles. The molecule has 2 aromatic rings. The van der Waals surface area contributed by atoms with E-state index in [9.17, 15) is 9.18 Å². The zero-order valence-electron chi connectivity index (χ0n) is 16.1. The van der Waals surface area contributed by atoms with Crippen molar-refractivity contribution < 1.29 is 9.18 Å². The second kappa shape index (κ2) is 10.4. The molecule has 0 aliphatic carbocycles. The van der Waals surface area contributed by atoms with E-state index in [2.05, 4.69) is 20.2 Å². The lowest BCUT2D eigenvalue weighted by molar-refractivity contribution is -0.130. The molecule has 0 spiro atoms. The van der Waals surface area contributed by atoms with E-state index in [0.29, 0.717) is 25.3 Å². The molecule has 0 bridgehead atoms. The van der Waals surface area contributed by atoms with Gasteiger partial charge < -0.3 is 19.7 Å². The van der Waals surface area contributed by atoms with E-state index < -0.39 is 0 Å². The van der Waals surface area contributed by atoms with E-state index in [1.54, 1.807) is 36.3 Å². The number of nitrogens with zero attached hydrogens (tertiary/aromatic N) is 5. The molecule has 1 aromatic carbocycles. The number of piperazine rings is 1. The van der Waals surface area contributed by atoms with E-state index in [-0.39, 0.29) is 35.7 Å². The maximum absolute atomic E-state index is 14.4. The summed E-state index contributed by atoms with van der Waals surface area (Å²) in [5.41, 5.74) is 1.27. The van der Waals surface area contributed by atoms with Gasteiger partial charge in [0, 0.05) is 52.0 Å². The van der Waals surface area contributed by atoms with Gasteiger partial charge in [-0.2, -0.15) is 0 Å². The van der Waals surface area contributed by atoms with Crippen LogP contribution in [0.25, 0.3) is 5.69 Å². The number of amides is 1. The summed E-state index contributed by atoms with van der Waals surface area (Å²) < 4.78 is 16.0. The lowest BCUT2D eigenvalue weighted by Crippen LogP contribution is -2.53. The van der Waals surface area contributed by atoms with Crippen molar-refractivity contribution in [3.63, 3.8) is 0 Å². The maximum atomic E-state index is 14.4. The fourth-order valence-electron chi connectivity index (χ4n) is 3.08. The van der Waals surface area contributed by atoms with Gasteiger partial charge in [0.25, 0.3) is 0 Å². The average molecular weight is 500 g/mol. The number of rotatable bonds is 4. The molecule has 1 amide bonds. The molecule has 1 aromatic heterocycles. The summed E-state index contributed by atoms with van der Waals surface area (Å²) in [5, 5.41) is 3.28. The summed E-state index contributed by atoms with van der Waals surface area (Å²) in [6, 6.07) is 5.12. The van der Waals surface area contributed by atoms with Gasteiger partial charge >= 0.3 is 0 Å². The van der Waals surface area contributed by atoms with Gasteiger partial charge in [0.2, 0.25) is 5.91 Å². The van der Waals surface area contributed by atoms with Crippen molar-refractivity contribution in [1.29, 1.82) is 0 Å². The minimum Gasteiger partial charge on any atom is -0.357 e. The maximum Gasteiger partial charge on any atom is 0.219 e. The number of aliphatic imine (C=N–C) groups is 1. The van der Waals surface area contributed by atoms with Crippen LogP contribution in [0, 0.1) is 5.82 Å². The molecule has 0 unspecified atom stereocenters. The molecular formula is C19H26FIN6O. The van der Waals surface area contributed by atoms with Gasteiger partial charge in [-0.05, 0) is 24.6 Å². The fraction of sp³-hybridized carbons (Fsp3) is 0.421. The first-order chi connectivity index (χ1) is 13.1. The van der Waals surface area contributed by atoms with Crippen LogP contribution >= 0.6 is 24.0 Å². The van der Waals surface area contributed by atoms with E-state index in [4.69, 9.17) is 0 Å². The van der Waals surface area contributed by atoms with Crippen molar-refractivity contribution >= 4 is 35.8 Å². The molecule has 9 heteroatoms. The van der Waals surface area contributed by atoms with Crippen LogP contribution < -0.4 is 5.32 Å². The van der Waals surface area contributed by atoms with Crippen LogP contribution in [0.5, 0.6) is 0 Å². The van der Waals surface area contributed by atoms with Crippen LogP contribution in [0.3, 0.4) is 0 Å². The quantitative estimate of drug-likeness (QED) is 0.398. The second-order valence-electron chi connectivity index (χ2n) is 6.42. The van der Waals surface area contributed by atoms with Crippen LogP contribution in [0.15, 0.2) is 41.9 Å². The third-order valence-electron chi connectivity index (χ3n) is 4.57. The Balaban J connectivity index is 0.00000280. The summed E-state index contributed by atoms with van der Waals surface area (Å²) in [6.45, 7) is 7.59. The highest BCUT2D eigenvalue weighted by Gasteiger charge is 2.20. The zero-order valence-corrected chi connectivity index (χ0v) is 18.5. The number of halogens is 2. The highest BCUT2D eigenvalue weighted by Crippen LogP contribution is 2.16. The van der Waals surface area contributed by atoms with Gasteiger partial charge in [-0.1, -0.05) is 6.07 Å². The van der Waals surface area contributed by atoms with Gasteiger partial charge in [0.05, 0.1) is 18.6 Å². The number of carbonyl (C=O) groups excluding carboxylic acids is 1. The van der Waals surface area contributed by atoms with E-state index >= 15 is 0 Å². The Hall–Kier alpha value is -2.17. The summed E-state index contributed by atoms with van der Waals surface area (Å²) in [6.07, 6.45) is 4.90. The average Bonchev–Trinajstić information content (AvgIpc) is 3.19. The van der Waals surface area contributed by atoms with Gasteiger partial charge in [-0.15, -0.1) is 24.0 Å². The summed E-state index contributed by atoms with van der Waals surface area (Å²) in [4.78, 5) is 24.1. The molecule has 3 rings (SSSR count). The molecule has 1 saturated heterocycles. The van der Waals surface area contributed by atoms with E-state index in [0.717, 1.165) is 31.2 Å². The number of hydrogen-bond acceptors (Lipinski definition) is 3. The van der Waals surface area contributed by atoms with Crippen molar-refractivity contribution in [2.24, 2.45) is 4.99 Å². The van der Waals surface area contributed by atoms with Crippen molar-refractivity contribution in [1.82, 2.24) is 24.7 Å². The molecule has 1 N–H and O–H groups in total. The molecule has 2 heterocycles. The Morgan fingerprint density at radius 2 is 1.96 bits per heavy atom. The van der Waals surface area contributed by atoms with Crippen LogP contribution in [0.2, 0.25) is 0 Å². The van der Waals surface area contributed by atoms with E-state index in [1.165, 1.54) is 6.07 Å². The molecule has 1 aliphatic rings. The normalized spacial score (nSPS) is 14.6. The largest absolute Gasteiger partial charge is 0.357 e. The predicted molar refractivity (Wildman–Crippen MR) is 118 cm³/mol. The number of nitrogens with one attached hydrogen (secondary N) is 1. The predicted octanol–water partition coefficient (Wildman–Crippen LogP) is 2.26. The Labute approximate surface area is 181 Å². The SMILES string of the molecule is CCNC(=NCc1ccc(-n2ccnc2)c(F)c1)N1CCN(C(C)=O)CC1.I. The molecule has 152 valence electrons. The Morgan fingerprint density at radius 1 is 1.25 bits per heavy atom. The molecule has 1 fully saturated rings. The minimum atomic E-state index is -0.305. The van der Waals surface area contributed by atoms with Gasteiger partial charge in [0.15, 0.2) is 5.96 Å². The number of guanidine groups is 1. The van der Waals surface area contributed by atoms with Crippen LogP contribution in [0.4, 0.5) is 4.39 Å². The first-order valence-electron chi connectivity index (χ1n) is 9.14. The number of imidazole rings is 1. The van der Waals surface area contributed by atoms with Gasteiger partial charge in [-0.3, -0.25) is 4.79 Å². The topological polar surface area (TPSA) is 65.8 Å². The smallest absolute Gasteiger partial charge is 0.219 e. The lowest BCUT2D eigenvalue weighted by Gasteiger charge is -2.36. The third kappa shape index (κ3) is 5.43. The molecule has 28 heavy (non-hydrogen) atoms. The standard InChI is InChI=1S/C19H25FN6O.HI/c1-3-22-19(25-10-8-24(9-11-25)15(2)27)23-13-16-4-5-18(17(20)12-16)26-7-6-21-14-26;/h4-7,12,14H,3,8-11,13H2,1-2H3,(H,22,23);1H. The molecule has 7 nitrogen and oxygen atoms in total. The fourth-order valence-corrected chi connectivity index (χ4v) is 3.08. The monoisotopic (exact) mass is 500 g/mol. The van der Waals surface area contributed by atoms with Crippen molar-refractivity contribution in [3.8, 4) is 5.69 Å². The Morgan fingerprint density at radius 3 is 2.54 bits per heavy atom. The zero-order chi connectivity index (χ0) is 19.2. The highest BCUT2D eigenvalue weighted by molar-refractivity contribution is 14.0. The second-order valence-corrected chi connectivity index (χ2v) is 6.42.